The predicted molar refractivity (Wildman–Crippen MR) is 55.0 cm³/mol. The summed E-state index contributed by atoms with van der Waals surface area (Å²) >= 11 is 1.95. The molecule has 0 aromatic carbocycles. The van der Waals surface area contributed by atoms with Crippen LogP contribution < -0.4 is 5.73 Å². The summed E-state index contributed by atoms with van der Waals surface area (Å²) in [7, 11) is 0. The molecular formula is C9H19NS. The third-order valence-electron chi connectivity index (χ3n) is 1.49. The van der Waals surface area contributed by atoms with Gasteiger partial charge in [0.05, 0.1) is 0 Å². The van der Waals surface area contributed by atoms with E-state index in [1.165, 1.54) is 25.0 Å². The van der Waals surface area contributed by atoms with Gasteiger partial charge in [0, 0.05) is 12.3 Å². The molecule has 0 saturated carbocycles. The highest BCUT2D eigenvalue weighted by molar-refractivity contribution is 7.99. The second-order valence-corrected chi connectivity index (χ2v) is 3.82. The van der Waals surface area contributed by atoms with E-state index in [4.69, 9.17) is 5.73 Å². The molecule has 0 heterocycles. The first-order chi connectivity index (χ1) is 5.31. The fourth-order valence-electron chi connectivity index (χ4n) is 0.730. The van der Waals surface area contributed by atoms with Crippen LogP contribution in [0.1, 0.15) is 26.2 Å². The van der Waals surface area contributed by atoms with Gasteiger partial charge < -0.3 is 5.73 Å². The third-order valence-corrected chi connectivity index (χ3v) is 2.68. The maximum Gasteiger partial charge on any atom is 0.0153 e. The molecule has 0 spiro atoms. The zero-order valence-corrected chi connectivity index (χ0v) is 8.25. The average Bonchev–Trinajstić information content (AvgIpc) is 2.04. The minimum atomic E-state index is 0.640. The Balaban J connectivity index is 2.95. The lowest BCUT2D eigenvalue weighted by Gasteiger charge is -2.01. The second kappa shape index (κ2) is 8.15. The van der Waals surface area contributed by atoms with Gasteiger partial charge in [0.1, 0.15) is 0 Å². The van der Waals surface area contributed by atoms with E-state index in [1.54, 1.807) is 0 Å². The number of rotatable bonds is 7. The Kier molecular flexibility index (Phi) is 8.19. The Morgan fingerprint density at radius 3 is 2.73 bits per heavy atom. The minimum absolute atomic E-state index is 0.640. The summed E-state index contributed by atoms with van der Waals surface area (Å²) in [5.74, 6) is 2.30. The van der Waals surface area contributed by atoms with Gasteiger partial charge in [0.15, 0.2) is 0 Å². The van der Waals surface area contributed by atoms with Crippen LogP contribution in [0.3, 0.4) is 0 Å². The number of thioether (sulfide) groups is 1. The maximum atomic E-state index is 5.40. The van der Waals surface area contributed by atoms with E-state index in [1.807, 2.05) is 11.8 Å². The molecule has 0 unspecified atom stereocenters. The molecule has 0 bridgehead atoms. The summed E-state index contributed by atoms with van der Waals surface area (Å²) in [5.41, 5.74) is 6.56. The highest BCUT2D eigenvalue weighted by Gasteiger charge is 1.91. The Morgan fingerprint density at radius 1 is 1.45 bits per heavy atom. The van der Waals surface area contributed by atoms with Gasteiger partial charge in [-0.25, -0.2) is 0 Å². The minimum Gasteiger partial charge on any atom is -0.327 e. The second-order valence-electron chi connectivity index (χ2n) is 2.71. The maximum absolute atomic E-state index is 5.40. The van der Waals surface area contributed by atoms with Gasteiger partial charge in [-0.1, -0.05) is 31.9 Å². The van der Waals surface area contributed by atoms with Crippen LogP contribution in [0.5, 0.6) is 0 Å². The Bertz CT molecular complexity index is 102. The first kappa shape index (κ1) is 11.1. The molecule has 0 fully saturated rings. The van der Waals surface area contributed by atoms with Gasteiger partial charge in [-0.05, 0) is 12.2 Å². The van der Waals surface area contributed by atoms with Crippen LogP contribution in [0, 0.1) is 0 Å². The lowest BCUT2D eigenvalue weighted by atomic mass is 10.3. The Hall–Kier alpha value is 0.0500. The summed E-state index contributed by atoms with van der Waals surface area (Å²) in [4.78, 5) is 0. The number of unbranched alkanes of at least 4 members (excludes halogenated alkanes) is 2. The van der Waals surface area contributed by atoms with Crippen LogP contribution in [0.2, 0.25) is 0 Å². The molecule has 0 aliphatic rings. The average molecular weight is 173 g/mol. The molecule has 0 amide bonds. The Morgan fingerprint density at radius 2 is 2.18 bits per heavy atom. The van der Waals surface area contributed by atoms with Crippen molar-refractivity contribution < 1.29 is 0 Å². The van der Waals surface area contributed by atoms with Crippen LogP contribution in [0.4, 0.5) is 0 Å². The summed E-state index contributed by atoms with van der Waals surface area (Å²) in [6.07, 6.45) is 3.99. The molecular weight excluding hydrogens is 154 g/mol. The van der Waals surface area contributed by atoms with Crippen LogP contribution in [0.25, 0.3) is 0 Å². The largest absolute Gasteiger partial charge is 0.327 e. The van der Waals surface area contributed by atoms with E-state index >= 15 is 0 Å². The van der Waals surface area contributed by atoms with Crippen molar-refractivity contribution in [1.82, 2.24) is 0 Å². The van der Waals surface area contributed by atoms with Crippen LogP contribution in [-0.4, -0.2) is 18.1 Å². The molecule has 0 aromatic heterocycles. The van der Waals surface area contributed by atoms with Crippen LogP contribution in [0.15, 0.2) is 12.2 Å². The van der Waals surface area contributed by atoms with Crippen molar-refractivity contribution in [2.75, 3.05) is 18.1 Å². The molecule has 1 nitrogen and oxygen atoms in total. The Labute approximate surface area is 74.4 Å². The van der Waals surface area contributed by atoms with E-state index < -0.39 is 0 Å². The normalized spacial score (nSPS) is 10.0. The van der Waals surface area contributed by atoms with Gasteiger partial charge >= 0.3 is 0 Å². The van der Waals surface area contributed by atoms with E-state index in [2.05, 4.69) is 13.5 Å². The van der Waals surface area contributed by atoms with Crippen LogP contribution in [-0.2, 0) is 0 Å². The zero-order chi connectivity index (χ0) is 8.53. The number of hydrogen-bond acceptors (Lipinski definition) is 2. The lowest BCUT2D eigenvalue weighted by Crippen LogP contribution is -2.03. The number of hydrogen-bond donors (Lipinski definition) is 1. The van der Waals surface area contributed by atoms with Crippen LogP contribution >= 0.6 is 11.8 Å². The monoisotopic (exact) mass is 173 g/mol. The lowest BCUT2D eigenvalue weighted by molar-refractivity contribution is 0.779. The molecule has 0 aliphatic heterocycles. The molecule has 0 rings (SSSR count). The smallest absolute Gasteiger partial charge is 0.0153 e. The standard InChI is InChI=1S/C9H19NS/c1-3-4-5-6-11-8-9(2)7-10/h2-8,10H2,1H3. The van der Waals surface area contributed by atoms with Crippen molar-refractivity contribution in [3.8, 4) is 0 Å². The quantitative estimate of drug-likeness (QED) is 0.472. The molecule has 2 N–H and O–H groups in total. The molecule has 11 heavy (non-hydrogen) atoms. The van der Waals surface area contributed by atoms with Gasteiger partial charge in [-0.3, -0.25) is 0 Å². The third kappa shape index (κ3) is 7.95. The summed E-state index contributed by atoms with van der Waals surface area (Å²) in [6, 6.07) is 0. The molecule has 0 atom stereocenters. The first-order valence-corrected chi connectivity index (χ1v) is 5.41. The van der Waals surface area contributed by atoms with Crippen molar-refractivity contribution in [2.45, 2.75) is 26.2 Å². The van der Waals surface area contributed by atoms with Gasteiger partial charge in [0.2, 0.25) is 0 Å². The first-order valence-electron chi connectivity index (χ1n) is 4.25. The topological polar surface area (TPSA) is 26.0 Å². The van der Waals surface area contributed by atoms with Gasteiger partial charge in [-0.2, -0.15) is 11.8 Å². The summed E-state index contributed by atoms with van der Waals surface area (Å²) in [5, 5.41) is 0. The molecule has 66 valence electrons. The molecule has 0 radical (unpaired) electrons. The summed E-state index contributed by atoms with van der Waals surface area (Å²) in [6.45, 7) is 6.71. The molecule has 0 aromatic rings. The highest BCUT2D eigenvalue weighted by Crippen LogP contribution is 2.08. The van der Waals surface area contributed by atoms with Crippen molar-refractivity contribution in [2.24, 2.45) is 5.73 Å². The number of nitrogens with two attached hydrogens (primary N) is 1. The van der Waals surface area contributed by atoms with Crippen molar-refractivity contribution in [3.05, 3.63) is 12.2 Å². The van der Waals surface area contributed by atoms with Crippen molar-refractivity contribution in [3.63, 3.8) is 0 Å². The summed E-state index contributed by atoms with van der Waals surface area (Å²) < 4.78 is 0. The molecule has 0 aliphatic carbocycles. The van der Waals surface area contributed by atoms with Gasteiger partial charge in [-0.15, -0.1) is 0 Å². The molecule has 2 heteroatoms. The predicted octanol–water partition coefficient (Wildman–Crippen LogP) is 2.42. The fourth-order valence-corrected chi connectivity index (χ4v) is 1.69. The van der Waals surface area contributed by atoms with Gasteiger partial charge in [0.25, 0.3) is 0 Å². The fraction of sp³-hybridized carbons (Fsp3) is 0.778. The highest BCUT2D eigenvalue weighted by atomic mass is 32.2. The van der Waals surface area contributed by atoms with E-state index in [0.717, 1.165) is 11.3 Å². The van der Waals surface area contributed by atoms with E-state index in [9.17, 15) is 0 Å². The molecule has 0 saturated heterocycles. The SMILES string of the molecule is C=C(CN)CSCCCCC. The van der Waals surface area contributed by atoms with E-state index in [0.29, 0.717) is 6.54 Å². The van der Waals surface area contributed by atoms with Crippen molar-refractivity contribution in [1.29, 1.82) is 0 Å². The van der Waals surface area contributed by atoms with Crippen molar-refractivity contribution >= 4 is 11.8 Å². The zero-order valence-electron chi connectivity index (χ0n) is 7.44. The van der Waals surface area contributed by atoms with E-state index in [-0.39, 0.29) is 0 Å².